The molecule has 2 rings (SSSR count). The van der Waals surface area contributed by atoms with E-state index in [1.54, 1.807) is 0 Å². The van der Waals surface area contributed by atoms with Crippen molar-refractivity contribution < 1.29 is 4.79 Å². The Bertz CT molecular complexity index is 185. The van der Waals surface area contributed by atoms with E-state index in [9.17, 15) is 4.79 Å². The molecular weight excluding hydrogens is 136 g/mol. The van der Waals surface area contributed by atoms with E-state index in [1.807, 2.05) is 6.08 Å². The quantitative estimate of drug-likeness (QED) is 0.369. The van der Waals surface area contributed by atoms with Crippen LogP contribution in [-0.2, 0) is 4.79 Å². The SMILES string of the molecule is O=C1[C@H]2C=C[C@@H](C2)[C@H]1Cl. The lowest BCUT2D eigenvalue weighted by Gasteiger charge is -2.06. The highest BCUT2D eigenvalue weighted by atomic mass is 35.5. The molecule has 0 aromatic carbocycles. The molecule has 3 atom stereocenters. The monoisotopic (exact) mass is 142 g/mol. The van der Waals surface area contributed by atoms with Gasteiger partial charge in [0.15, 0.2) is 5.78 Å². The topological polar surface area (TPSA) is 17.1 Å². The molecule has 0 aromatic heterocycles. The first-order chi connectivity index (χ1) is 4.29. The lowest BCUT2D eigenvalue weighted by atomic mass is 10.1. The van der Waals surface area contributed by atoms with Gasteiger partial charge in [-0.05, 0) is 6.42 Å². The highest BCUT2D eigenvalue weighted by molar-refractivity contribution is 6.33. The number of halogens is 1. The van der Waals surface area contributed by atoms with Crippen LogP contribution in [0.1, 0.15) is 6.42 Å². The zero-order valence-electron chi connectivity index (χ0n) is 4.88. The van der Waals surface area contributed by atoms with Gasteiger partial charge in [0, 0.05) is 11.8 Å². The van der Waals surface area contributed by atoms with Gasteiger partial charge in [-0.3, -0.25) is 4.79 Å². The summed E-state index contributed by atoms with van der Waals surface area (Å²) in [5.41, 5.74) is 0. The van der Waals surface area contributed by atoms with Crippen molar-refractivity contribution in [3.8, 4) is 0 Å². The Labute approximate surface area is 58.7 Å². The van der Waals surface area contributed by atoms with Gasteiger partial charge in [-0.25, -0.2) is 0 Å². The van der Waals surface area contributed by atoms with Crippen LogP contribution in [0.2, 0.25) is 0 Å². The third-order valence-electron chi connectivity index (χ3n) is 2.13. The van der Waals surface area contributed by atoms with Gasteiger partial charge >= 0.3 is 0 Å². The van der Waals surface area contributed by atoms with Crippen molar-refractivity contribution in [2.75, 3.05) is 0 Å². The molecule has 0 N–H and O–H groups in total. The van der Waals surface area contributed by atoms with Crippen LogP contribution in [0, 0.1) is 11.8 Å². The van der Waals surface area contributed by atoms with Gasteiger partial charge in [0.2, 0.25) is 0 Å². The first-order valence-electron chi connectivity index (χ1n) is 3.15. The molecule has 2 aliphatic rings. The molecule has 0 unspecified atom stereocenters. The molecule has 0 saturated heterocycles. The average Bonchev–Trinajstić information content (AvgIpc) is 2.37. The smallest absolute Gasteiger partial charge is 0.158 e. The molecule has 1 saturated carbocycles. The van der Waals surface area contributed by atoms with Gasteiger partial charge in [0.25, 0.3) is 0 Å². The van der Waals surface area contributed by atoms with Crippen molar-refractivity contribution >= 4 is 17.4 Å². The van der Waals surface area contributed by atoms with Crippen LogP contribution in [0.4, 0.5) is 0 Å². The second kappa shape index (κ2) is 1.60. The molecule has 0 heterocycles. The summed E-state index contributed by atoms with van der Waals surface area (Å²) >= 11 is 5.76. The van der Waals surface area contributed by atoms with Crippen LogP contribution in [0.25, 0.3) is 0 Å². The normalized spacial score (nSPS) is 46.8. The predicted octanol–water partition coefficient (Wildman–Crippen LogP) is 1.37. The molecule has 48 valence electrons. The second-order valence-electron chi connectivity index (χ2n) is 2.70. The molecule has 0 spiro atoms. The van der Waals surface area contributed by atoms with Crippen LogP contribution < -0.4 is 0 Å². The lowest BCUT2D eigenvalue weighted by molar-refractivity contribution is -0.119. The molecule has 0 aliphatic heterocycles. The minimum atomic E-state index is -0.208. The van der Waals surface area contributed by atoms with E-state index in [0.717, 1.165) is 6.42 Å². The van der Waals surface area contributed by atoms with Gasteiger partial charge in [-0.1, -0.05) is 12.2 Å². The Morgan fingerprint density at radius 1 is 1.56 bits per heavy atom. The van der Waals surface area contributed by atoms with E-state index in [-0.39, 0.29) is 17.1 Å². The van der Waals surface area contributed by atoms with E-state index in [4.69, 9.17) is 11.6 Å². The number of hydrogen-bond donors (Lipinski definition) is 0. The lowest BCUT2D eigenvalue weighted by Crippen LogP contribution is -2.18. The van der Waals surface area contributed by atoms with E-state index in [0.29, 0.717) is 5.92 Å². The summed E-state index contributed by atoms with van der Waals surface area (Å²) in [7, 11) is 0. The fraction of sp³-hybridized carbons (Fsp3) is 0.571. The van der Waals surface area contributed by atoms with Crippen molar-refractivity contribution in [3.05, 3.63) is 12.2 Å². The summed E-state index contributed by atoms with van der Waals surface area (Å²) in [6.45, 7) is 0. The molecule has 0 aromatic rings. The zero-order chi connectivity index (χ0) is 6.43. The third-order valence-corrected chi connectivity index (χ3v) is 2.67. The second-order valence-corrected chi connectivity index (χ2v) is 3.17. The molecule has 2 heteroatoms. The first-order valence-corrected chi connectivity index (χ1v) is 3.59. The zero-order valence-corrected chi connectivity index (χ0v) is 5.64. The van der Waals surface area contributed by atoms with Crippen molar-refractivity contribution in [2.45, 2.75) is 11.8 Å². The molecule has 9 heavy (non-hydrogen) atoms. The first kappa shape index (κ1) is 5.48. The van der Waals surface area contributed by atoms with Crippen LogP contribution in [-0.4, -0.2) is 11.2 Å². The summed E-state index contributed by atoms with van der Waals surface area (Å²) in [5, 5.41) is -0.208. The maximum absolute atomic E-state index is 11.0. The van der Waals surface area contributed by atoms with Crippen molar-refractivity contribution in [2.24, 2.45) is 11.8 Å². The van der Waals surface area contributed by atoms with Crippen LogP contribution in [0.5, 0.6) is 0 Å². The predicted molar refractivity (Wildman–Crippen MR) is 35.4 cm³/mol. The van der Waals surface area contributed by atoms with Crippen LogP contribution in [0.15, 0.2) is 12.2 Å². The van der Waals surface area contributed by atoms with Crippen LogP contribution in [0.3, 0.4) is 0 Å². The summed E-state index contributed by atoms with van der Waals surface area (Å²) < 4.78 is 0. The summed E-state index contributed by atoms with van der Waals surface area (Å²) in [6, 6.07) is 0. The fourth-order valence-electron chi connectivity index (χ4n) is 1.57. The Hall–Kier alpha value is -0.300. The number of carbonyl (C=O) groups is 1. The highest BCUT2D eigenvalue weighted by Gasteiger charge is 2.41. The maximum atomic E-state index is 11.0. The van der Waals surface area contributed by atoms with Crippen molar-refractivity contribution in [1.82, 2.24) is 0 Å². The summed E-state index contributed by atoms with van der Waals surface area (Å²) in [6.07, 6.45) is 5.00. The number of alkyl halides is 1. The van der Waals surface area contributed by atoms with Crippen molar-refractivity contribution in [1.29, 1.82) is 0 Å². The number of carbonyl (C=O) groups excluding carboxylic acids is 1. The highest BCUT2D eigenvalue weighted by Crippen LogP contribution is 2.39. The minimum absolute atomic E-state index is 0.164. The molecule has 1 fully saturated rings. The summed E-state index contributed by atoms with van der Waals surface area (Å²) in [5.74, 6) is 0.742. The number of fused-ring (bicyclic) bond motifs is 2. The fourth-order valence-corrected chi connectivity index (χ4v) is 1.92. The maximum Gasteiger partial charge on any atom is 0.158 e. The van der Waals surface area contributed by atoms with Gasteiger partial charge in [0.05, 0.1) is 5.38 Å². The average molecular weight is 143 g/mol. The Kier molecular flexibility index (Phi) is 0.974. The van der Waals surface area contributed by atoms with Gasteiger partial charge in [-0.15, -0.1) is 11.6 Å². The number of ketones is 1. The molecular formula is C7H7ClO. The van der Waals surface area contributed by atoms with Crippen LogP contribution >= 0.6 is 11.6 Å². The number of allylic oxidation sites excluding steroid dienone is 2. The van der Waals surface area contributed by atoms with Crippen molar-refractivity contribution in [3.63, 3.8) is 0 Å². The van der Waals surface area contributed by atoms with Gasteiger partial charge < -0.3 is 0 Å². The Morgan fingerprint density at radius 3 is 2.67 bits per heavy atom. The van der Waals surface area contributed by atoms with E-state index >= 15 is 0 Å². The van der Waals surface area contributed by atoms with Gasteiger partial charge in [-0.2, -0.15) is 0 Å². The summed E-state index contributed by atoms with van der Waals surface area (Å²) in [4.78, 5) is 11.0. The van der Waals surface area contributed by atoms with E-state index < -0.39 is 0 Å². The standard InChI is InChI=1S/C7H7ClO/c8-6-4-1-2-5(3-4)7(6)9/h1-2,4-6H,3H2/t4-,5-,6+/m0/s1. The van der Waals surface area contributed by atoms with E-state index in [1.165, 1.54) is 0 Å². The molecule has 1 nitrogen and oxygen atoms in total. The molecule has 2 bridgehead atoms. The number of rotatable bonds is 0. The molecule has 0 radical (unpaired) electrons. The number of hydrogen-bond acceptors (Lipinski definition) is 1. The Balaban J connectivity index is 2.36. The minimum Gasteiger partial charge on any atom is -0.297 e. The number of Topliss-reactive ketones (excluding diaryl/α,β-unsaturated/α-hetero) is 1. The largest absolute Gasteiger partial charge is 0.297 e. The molecule has 0 amide bonds. The van der Waals surface area contributed by atoms with E-state index in [2.05, 4.69) is 6.08 Å². The van der Waals surface area contributed by atoms with Gasteiger partial charge in [0.1, 0.15) is 0 Å². The Morgan fingerprint density at radius 2 is 2.33 bits per heavy atom. The molecule has 2 aliphatic carbocycles. The third kappa shape index (κ3) is 0.584.